The van der Waals surface area contributed by atoms with Gasteiger partial charge in [0, 0.05) is 5.56 Å². The largest absolute Gasteiger partial charge is 0.459 e. The summed E-state index contributed by atoms with van der Waals surface area (Å²) in [6, 6.07) is 9.51. The van der Waals surface area contributed by atoms with Gasteiger partial charge >= 0.3 is 0 Å². The third-order valence-electron chi connectivity index (χ3n) is 2.58. The zero-order chi connectivity index (χ0) is 12.5. The third kappa shape index (κ3) is 1.89. The molecule has 0 radical (unpaired) electrons. The van der Waals surface area contributed by atoms with Crippen LogP contribution in [0, 0.1) is 6.92 Å². The first-order valence-electron chi connectivity index (χ1n) is 5.45. The minimum atomic E-state index is -0.267. The number of carbonyl (C=O) groups excluding carboxylic acids is 1. The van der Waals surface area contributed by atoms with Crippen LogP contribution in [0.25, 0.3) is 10.2 Å². The first kappa shape index (κ1) is 11.0. The molecule has 5 heteroatoms. The monoisotopic (exact) mass is 258 g/mol. The van der Waals surface area contributed by atoms with Gasteiger partial charge in [-0.15, -0.1) is 0 Å². The number of nitrogens with one attached hydrogen (secondary N) is 1. The maximum atomic E-state index is 11.9. The molecule has 1 aromatic carbocycles. The number of furan rings is 1. The van der Waals surface area contributed by atoms with Crippen LogP contribution < -0.4 is 5.32 Å². The van der Waals surface area contributed by atoms with Gasteiger partial charge in [0.2, 0.25) is 0 Å². The number of fused-ring (bicyclic) bond motifs is 1. The van der Waals surface area contributed by atoms with E-state index in [0.29, 0.717) is 10.9 Å². The van der Waals surface area contributed by atoms with Crippen LogP contribution in [0.3, 0.4) is 0 Å². The van der Waals surface area contributed by atoms with Crippen molar-refractivity contribution in [1.82, 2.24) is 4.98 Å². The molecule has 0 saturated carbocycles. The Balaban J connectivity index is 1.88. The first-order chi connectivity index (χ1) is 8.74. The van der Waals surface area contributed by atoms with Gasteiger partial charge in [0.15, 0.2) is 10.9 Å². The van der Waals surface area contributed by atoms with Gasteiger partial charge in [-0.1, -0.05) is 23.5 Å². The predicted octanol–water partition coefficient (Wildman–Crippen LogP) is 3.45. The van der Waals surface area contributed by atoms with Crippen LogP contribution in [0.2, 0.25) is 0 Å². The maximum Gasteiger partial charge on any atom is 0.293 e. The fourth-order valence-corrected chi connectivity index (χ4v) is 2.55. The molecule has 18 heavy (non-hydrogen) atoms. The molecule has 90 valence electrons. The number of rotatable bonds is 2. The number of para-hydroxylation sites is 1. The highest BCUT2D eigenvalue weighted by atomic mass is 32.1. The van der Waals surface area contributed by atoms with Gasteiger partial charge in [-0.25, -0.2) is 4.98 Å². The number of thiazole rings is 1. The zero-order valence-electron chi connectivity index (χ0n) is 9.64. The number of hydrogen-bond acceptors (Lipinski definition) is 4. The molecule has 0 aliphatic carbocycles. The minimum Gasteiger partial charge on any atom is -0.459 e. The van der Waals surface area contributed by atoms with Crippen LogP contribution in [0.5, 0.6) is 0 Å². The van der Waals surface area contributed by atoms with Crippen LogP contribution in [0.15, 0.2) is 41.0 Å². The molecular formula is C13H10N2O2S. The van der Waals surface area contributed by atoms with Crippen molar-refractivity contribution >= 4 is 32.6 Å². The van der Waals surface area contributed by atoms with E-state index in [2.05, 4.69) is 10.3 Å². The molecule has 2 heterocycles. The fourth-order valence-electron chi connectivity index (χ4n) is 1.68. The van der Waals surface area contributed by atoms with E-state index in [1.165, 1.54) is 17.6 Å². The quantitative estimate of drug-likeness (QED) is 0.766. The minimum absolute atomic E-state index is 0.267. The van der Waals surface area contributed by atoms with Crippen molar-refractivity contribution in [3.63, 3.8) is 0 Å². The Morgan fingerprint density at radius 3 is 2.89 bits per heavy atom. The van der Waals surface area contributed by atoms with Crippen molar-refractivity contribution in [3.05, 3.63) is 47.9 Å². The smallest absolute Gasteiger partial charge is 0.293 e. The Labute approximate surface area is 107 Å². The number of aryl methyl sites for hydroxylation is 1. The lowest BCUT2D eigenvalue weighted by atomic mass is 10.3. The molecule has 0 saturated heterocycles. The Bertz CT molecular complexity index is 681. The Morgan fingerprint density at radius 2 is 2.17 bits per heavy atom. The molecule has 1 amide bonds. The maximum absolute atomic E-state index is 11.9. The number of aromatic nitrogens is 1. The molecule has 0 aliphatic heterocycles. The van der Waals surface area contributed by atoms with Crippen LogP contribution in [0.1, 0.15) is 16.1 Å². The zero-order valence-corrected chi connectivity index (χ0v) is 10.5. The van der Waals surface area contributed by atoms with E-state index in [1.807, 2.05) is 31.2 Å². The normalized spacial score (nSPS) is 10.7. The van der Waals surface area contributed by atoms with Gasteiger partial charge in [-0.05, 0) is 25.1 Å². The Hall–Kier alpha value is -2.14. The van der Waals surface area contributed by atoms with Gasteiger partial charge < -0.3 is 4.42 Å². The fraction of sp³-hybridized carbons (Fsp3) is 0.0769. The molecule has 0 atom stereocenters. The Kier molecular flexibility index (Phi) is 2.60. The van der Waals surface area contributed by atoms with Crippen molar-refractivity contribution in [3.8, 4) is 0 Å². The van der Waals surface area contributed by atoms with Crippen LogP contribution in [-0.4, -0.2) is 10.9 Å². The number of anilines is 1. The molecular weight excluding hydrogens is 248 g/mol. The highest BCUT2D eigenvalue weighted by molar-refractivity contribution is 7.22. The average molecular weight is 258 g/mol. The second-order valence-electron chi connectivity index (χ2n) is 3.87. The number of amides is 1. The van der Waals surface area contributed by atoms with Gasteiger partial charge in [-0.3, -0.25) is 10.1 Å². The summed E-state index contributed by atoms with van der Waals surface area (Å²) in [6.07, 6.45) is 1.50. The second-order valence-corrected chi connectivity index (χ2v) is 4.90. The van der Waals surface area contributed by atoms with Crippen LogP contribution in [-0.2, 0) is 0 Å². The molecule has 3 rings (SSSR count). The van der Waals surface area contributed by atoms with E-state index in [1.54, 1.807) is 6.07 Å². The van der Waals surface area contributed by atoms with Gasteiger partial charge in [0.05, 0.1) is 16.5 Å². The summed E-state index contributed by atoms with van der Waals surface area (Å²) >= 11 is 1.44. The summed E-state index contributed by atoms with van der Waals surface area (Å²) in [5.41, 5.74) is 1.70. The van der Waals surface area contributed by atoms with Gasteiger partial charge in [0.1, 0.15) is 0 Å². The van der Waals surface area contributed by atoms with Crippen LogP contribution in [0.4, 0.5) is 5.13 Å². The molecule has 2 aromatic heterocycles. The van der Waals surface area contributed by atoms with E-state index in [0.717, 1.165) is 15.8 Å². The van der Waals surface area contributed by atoms with Gasteiger partial charge in [-0.2, -0.15) is 0 Å². The van der Waals surface area contributed by atoms with Crippen molar-refractivity contribution < 1.29 is 9.21 Å². The summed E-state index contributed by atoms with van der Waals surface area (Å²) < 4.78 is 6.18. The highest BCUT2D eigenvalue weighted by Crippen LogP contribution is 2.26. The van der Waals surface area contributed by atoms with Crippen molar-refractivity contribution in [2.24, 2.45) is 0 Å². The molecule has 0 fully saturated rings. The summed E-state index contributed by atoms with van der Waals surface area (Å²) in [7, 11) is 0. The van der Waals surface area contributed by atoms with E-state index >= 15 is 0 Å². The summed E-state index contributed by atoms with van der Waals surface area (Å²) in [4.78, 5) is 16.3. The molecule has 0 spiro atoms. The topological polar surface area (TPSA) is 55.1 Å². The second kappa shape index (κ2) is 4.27. The number of nitrogens with zero attached hydrogens (tertiary/aromatic N) is 1. The van der Waals surface area contributed by atoms with Crippen molar-refractivity contribution in [2.75, 3.05) is 5.32 Å². The van der Waals surface area contributed by atoms with Crippen LogP contribution >= 0.6 is 11.3 Å². The van der Waals surface area contributed by atoms with Gasteiger partial charge in [0.25, 0.3) is 5.91 Å². The number of hydrogen-bond donors (Lipinski definition) is 1. The standard InChI is InChI=1S/C13H10N2O2S/c1-8-6-7-17-11(8)12(16)15-13-14-9-4-2-3-5-10(9)18-13/h2-7H,1H3,(H,14,15,16). The summed E-state index contributed by atoms with van der Waals surface area (Å²) in [5, 5.41) is 3.33. The molecule has 1 N–H and O–H groups in total. The molecule has 0 aliphatic rings. The molecule has 0 unspecified atom stereocenters. The first-order valence-corrected chi connectivity index (χ1v) is 6.27. The van der Waals surface area contributed by atoms with Crippen molar-refractivity contribution in [2.45, 2.75) is 6.92 Å². The predicted molar refractivity (Wildman–Crippen MR) is 71.0 cm³/mol. The number of carbonyl (C=O) groups is 1. The summed E-state index contributed by atoms with van der Waals surface area (Å²) in [5.74, 6) is 0.0609. The molecule has 3 aromatic rings. The lowest BCUT2D eigenvalue weighted by molar-refractivity contribution is 0.0996. The van der Waals surface area contributed by atoms with E-state index in [-0.39, 0.29) is 5.91 Å². The van der Waals surface area contributed by atoms with Crippen molar-refractivity contribution in [1.29, 1.82) is 0 Å². The lowest BCUT2D eigenvalue weighted by Gasteiger charge is -1.98. The Morgan fingerprint density at radius 1 is 1.33 bits per heavy atom. The summed E-state index contributed by atoms with van der Waals surface area (Å²) in [6.45, 7) is 1.83. The van der Waals surface area contributed by atoms with E-state index in [4.69, 9.17) is 4.42 Å². The van der Waals surface area contributed by atoms with E-state index in [9.17, 15) is 4.79 Å². The average Bonchev–Trinajstić information content (AvgIpc) is 2.94. The molecule has 4 nitrogen and oxygen atoms in total. The number of benzene rings is 1. The van der Waals surface area contributed by atoms with E-state index < -0.39 is 0 Å². The third-order valence-corrected chi connectivity index (χ3v) is 3.53. The lowest BCUT2D eigenvalue weighted by Crippen LogP contribution is -2.11. The SMILES string of the molecule is Cc1ccoc1C(=O)Nc1nc2ccccc2s1. The molecule has 0 bridgehead atoms. The highest BCUT2D eigenvalue weighted by Gasteiger charge is 2.14.